The Morgan fingerprint density at radius 3 is 2.17 bits per heavy atom. The number of pyridine rings is 1. The summed E-state index contributed by atoms with van der Waals surface area (Å²) in [6.07, 6.45) is 1.82. The van der Waals surface area contributed by atoms with Gasteiger partial charge < -0.3 is 5.11 Å². The van der Waals surface area contributed by atoms with E-state index in [2.05, 4.69) is 24.2 Å². The van der Waals surface area contributed by atoms with E-state index in [1.165, 1.54) is 5.56 Å². The molecule has 0 aliphatic rings. The zero-order valence-electron chi connectivity index (χ0n) is 13.0. The maximum Gasteiger partial charge on any atom is 0.221 e. The minimum absolute atomic E-state index is 0.143. The van der Waals surface area contributed by atoms with Gasteiger partial charge in [-0.3, -0.25) is 0 Å². The maximum absolute atomic E-state index is 12.3. The second kappa shape index (κ2) is 6.88. The van der Waals surface area contributed by atoms with Crippen molar-refractivity contribution >= 4 is 5.90 Å². The summed E-state index contributed by atoms with van der Waals surface area (Å²) in [4.78, 5) is 0. The molecule has 3 rings (SSSR count). The zero-order valence-corrected chi connectivity index (χ0v) is 13.0. The third kappa shape index (κ3) is 3.46. The van der Waals surface area contributed by atoms with Gasteiger partial charge in [0.15, 0.2) is 0 Å². The molecule has 1 heterocycles. The number of benzene rings is 2. The third-order valence-corrected chi connectivity index (χ3v) is 3.83. The second-order valence-electron chi connectivity index (χ2n) is 5.37. The highest BCUT2D eigenvalue weighted by molar-refractivity contribution is 5.89. The molecule has 0 fully saturated rings. The lowest BCUT2D eigenvalue weighted by molar-refractivity contribution is -0.689. The van der Waals surface area contributed by atoms with Crippen LogP contribution in [0.25, 0.3) is 0 Å². The Hall–Kier alpha value is -2.94. The molecule has 3 aromatic rings. The van der Waals surface area contributed by atoms with Gasteiger partial charge in [0.1, 0.15) is 0 Å². The van der Waals surface area contributed by atoms with Gasteiger partial charge in [-0.1, -0.05) is 65.3 Å². The number of nitrogens with zero attached hydrogens (tertiary/aromatic N) is 2. The average molecular weight is 302 g/mol. The van der Waals surface area contributed by atoms with Crippen LogP contribution in [0, 0.1) is 0 Å². The van der Waals surface area contributed by atoms with E-state index in [1.54, 1.807) is 16.8 Å². The summed E-state index contributed by atoms with van der Waals surface area (Å²) in [5.74, 6) is -0.104. The summed E-state index contributed by atoms with van der Waals surface area (Å²) in [5.41, 5.74) is 2.75. The fourth-order valence-corrected chi connectivity index (χ4v) is 2.53. The Bertz CT molecular complexity index is 798. The Kier molecular flexibility index (Phi) is 4.48. The summed E-state index contributed by atoms with van der Waals surface area (Å²) >= 11 is 0. The molecule has 0 radical (unpaired) electrons. The Labute approximate surface area is 136 Å². The Morgan fingerprint density at radius 2 is 1.48 bits per heavy atom. The third-order valence-electron chi connectivity index (χ3n) is 3.83. The van der Waals surface area contributed by atoms with Crippen LogP contribution < -0.4 is 9.78 Å². The minimum Gasteiger partial charge on any atom is -0.854 e. The summed E-state index contributed by atoms with van der Waals surface area (Å²) in [5, 5.41) is 16.6. The number of aromatic nitrogens is 1. The molecular weight excluding hydrogens is 284 g/mol. The van der Waals surface area contributed by atoms with Crippen LogP contribution in [0.4, 0.5) is 0 Å². The highest BCUT2D eigenvalue weighted by Crippen LogP contribution is 2.20. The summed E-state index contributed by atoms with van der Waals surface area (Å²) in [6, 6.07) is 25.2. The normalized spacial score (nSPS) is 12.8. The van der Waals surface area contributed by atoms with E-state index < -0.39 is 0 Å². The quantitative estimate of drug-likeness (QED) is 0.415. The van der Waals surface area contributed by atoms with Crippen LogP contribution in [0.5, 0.6) is 0 Å². The van der Waals surface area contributed by atoms with Gasteiger partial charge in [0.05, 0.1) is 11.8 Å². The lowest BCUT2D eigenvalue weighted by atomic mass is 9.97. The van der Waals surface area contributed by atoms with Gasteiger partial charge in [0, 0.05) is 12.1 Å². The van der Waals surface area contributed by atoms with Crippen molar-refractivity contribution in [2.45, 2.75) is 12.8 Å². The highest BCUT2D eigenvalue weighted by atomic mass is 16.3. The fourth-order valence-electron chi connectivity index (χ4n) is 2.53. The fraction of sp³-hybridized carbons (Fsp3) is 0.100. The SMILES string of the molecule is CC(c1ccccc1)c1cccc[n+]1/N=C(\[O-])c1ccccc1. The molecule has 23 heavy (non-hydrogen) atoms. The lowest BCUT2D eigenvalue weighted by Gasteiger charge is -2.11. The van der Waals surface area contributed by atoms with Crippen molar-refractivity contribution in [3.05, 3.63) is 102 Å². The first kappa shape index (κ1) is 15.0. The van der Waals surface area contributed by atoms with Crippen molar-refractivity contribution in [2.75, 3.05) is 0 Å². The van der Waals surface area contributed by atoms with Gasteiger partial charge in [0.2, 0.25) is 11.9 Å². The van der Waals surface area contributed by atoms with Crippen molar-refractivity contribution in [1.29, 1.82) is 0 Å². The first-order chi connectivity index (χ1) is 11.3. The molecule has 0 saturated carbocycles. The van der Waals surface area contributed by atoms with Gasteiger partial charge in [0.25, 0.3) is 0 Å². The number of rotatable bonds is 4. The summed E-state index contributed by atoms with van der Waals surface area (Å²) in [7, 11) is 0. The first-order valence-electron chi connectivity index (χ1n) is 7.62. The van der Waals surface area contributed by atoms with E-state index in [0.29, 0.717) is 5.56 Å². The molecule has 0 saturated heterocycles. The van der Waals surface area contributed by atoms with E-state index >= 15 is 0 Å². The monoisotopic (exact) mass is 302 g/mol. The lowest BCUT2D eigenvalue weighted by Crippen LogP contribution is -2.38. The molecule has 3 nitrogen and oxygen atoms in total. The predicted molar refractivity (Wildman–Crippen MR) is 89.0 cm³/mol. The topological polar surface area (TPSA) is 39.3 Å². The predicted octanol–water partition coefficient (Wildman–Crippen LogP) is 2.70. The molecular formula is C20H18N2O. The van der Waals surface area contributed by atoms with Crippen molar-refractivity contribution in [3.8, 4) is 0 Å². The number of hydrogen-bond acceptors (Lipinski definition) is 2. The molecule has 114 valence electrons. The zero-order chi connectivity index (χ0) is 16.1. The molecule has 0 aliphatic carbocycles. The van der Waals surface area contributed by atoms with Crippen LogP contribution in [-0.4, -0.2) is 5.90 Å². The second-order valence-corrected chi connectivity index (χ2v) is 5.37. The summed E-state index contributed by atoms with van der Waals surface area (Å²) < 4.78 is 1.67. The minimum atomic E-state index is -0.247. The molecule has 0 aliphatic heterocycles. The summed E-state index contributed by atoms with van der Waals surface area (Å²) in [6.45, 7) is 2.11. The van der Waals surface area contributed by atoms with Crippen molar-refractivity contribution in [1.82, 2.24) is 0 Å². The van der Waals surface area contributed by atoms with Crippen LogP contribution in [0.2, 0.25) is 0 Å². The Morgan fingerprint density at radius 1 is 0.870 bits per heavy atom. The van der Waals surface area contributed by atoms with E-state index in [-0.39, 0.29) is 11.8 Å². The molecule has 1 aromatic heterocycles. The molecule has 0 spiro atoms. The number of hydrogen-bond donors (Lipinski definition) is 0. The van der Waals surface area contributed by atoms with Crippen molar-refractivity contribution in [3.63, 3.8) is 0 Å². The van der Waals surface area contributed by atoms with E-state index in [4.69, 9.17) is 0 Å². The average Bonchev–Trinajstić information content (AvgIpc) is 2.63. The first-order valence-corrected chi connectivity index (χ1v) is 7.62. The van der Waals surface area contributed by atoms with Crippen molar-refractivity contribution in [2.24, 2.45) is 5.10 Å². The molecule has 0 bridgehead atoms. The largest absolute Gasteiger partial charge is 0.854 e. The molecule has 3 heteroatoms. The van der Waals surface area contributed by atoms with Crippen LogP contribution in [-0.2, 0) is 0 Å². The van der Waals surface area contributed by atoms with E-state index in [1.807, 2.05) is 60.8 Å². The molecule has 2 aromatic carbocycles. The molecule has 1 unspecified atom stereocenters. The van der Waals surface area contributed by atoms with Crippen LogP contribution in [0.3, 0.4) is 0 Å². The van der Waals surface area contributed by atoms with Crippen LogP contribution in [0.15, 0.2) is 90.2 Å². The van der Waals surface area contributed by atoms with Gasteiger partial charge in [-0.05, 0) is 29.2 Å². The van der Waals surface area contributed by atoms with Gasteiger partial charge in [-0.15, -0.1) is 0 Å². The van der Waals surface area contributed by atoms with Crippen LogP contribution >= 0.6 is 0 Å². The van der Waals surface area contributed by atoms with E-state index in [0.717, 1.165) is 5.69 Å². The standard InChI is InChI=1S/C20H18N2O/c1-16(17-10-4-2-5-11-17)19-14-8-9-15-22(19)21-20(23)18-12-6-3-7-13-18/h2-16H,1H3. The van der Waals surface area contributed by atoms with Gasteiger partial charge in [-0.2, -0.15) is 0 Å². The highest BCUT2D eigenvalue weighted by Gasteiger charge is 2.19. The molecule has 0 N–H and O–H groups in total. The van der Waals surface area contributed by atoms with Crippen LogP contribution in [0.1, 0.15) is 29.7 Å². The smallest absolute Gasteiger partial charge is 0.221 e. The van der Waals surface area contributed by atoms with Gasteiger partial charge >= 0.3 is 0 Å². The maximum atomic E-state index is 12.3. The van der Waals surface area contributed by atoms with Gasteiger partial charge in [-0.25, -0.2) is 0 Å². The molecule has 1 atom stereocenters. The molecule has 0 amide bonds. The van der Waals surface area contributed by atoms with Crippen molar-refractivity contribution < 1.29 is 9.78 Å². The Balaban J connectivity index is 1.99. The van der Waals surface area contributed by atoms with E-state index in [9.17, 15) is 5.11 Å².